The van der Waals surface area contributed by atoms with Gasteiger partial charge in [0.1, 0.15) is 16.8 Å². The highest BCUT2D eigenvalue weighted by Crippen LogP contribution is 2.21. The summed E-state index contributed by atoms with van der Waals surface area (Å²) in [6.45, 7) is 2.87. The van der Waals surface area contributed by atoms with Gasteiger partial charge in [-0.25, -0.2) is 14.5 Å². The molecule has 23 heavy (non-hydrogen) atoms. The second-order valence-corrected chi connectivity index (χ2v) is 5.89. The lowest BCUT2D eigenvalue weighted by Gasteiger charge is -2.22. The van der Waals surface area contributed by atoms with E-state index in [1.165, 1.54) is 11.3 Å². The minimum atomic E-state index is -0.384. The van der Waals surface area contributed by atoms with Crippen molar-refractivity contribution in [3.63, 3.8) is 0 Å². The van der Waals surface area contributed by atoms with Crippen LogP contribution in [0.5, 0.6) is 0 Å². The molecular formula is C16H17N3O3S. The molecule has 2 aromatic heterocycles. The quantitative estimate of drug-likeness (QED) is 0.639. The summed E-state index contributed by atoms with van der Waals surface area (Å²) in [4.78, 5) is 16.4. The highest BCUT2D eigenvalue weighted by molar-refractivity contribution is 7.11. The molecule has 0 aliphatic carbocycles. The van der Waals surface area contributed by atoms with Gasteiger partial charge in [-0.2, -0.15) is 5.10 Å². The van der Waals surface area contributed by atoms with E-state index in [4.69, 9.17) is 9.47 Å². The van der Waals surface area contributed by atoms with Crippen LogP contribution in [0.15, 0.2) is 17.9 Å². The molecule has 2 aromatic rings. The SMILES string of the molecule is CCOC(=O)c1scnc1C#Cc1cnn(C2CCCCO2)c1. The number of carbonyl (C=O) groups is 1. The lowest BCUT2D eigenvalue weighted by Crippen LogP contribution is -2.18. The first-order valence-electron chi connectivity index (χ1n) is 7.56. The fraction of sp³-hybridized carbons (Fsp3) is 0.438. The molecule has 1 aliphatic heterocycles. The smallest absolute Gasteiger partial charge is 0.351 e. The zero-order valence-electron chi connectivity index (χ0n) is 12.8. The van der Waals surface area contributed by atoms with Gasteiger partial charge in [0.15, 0.2) is 0 Å². The van der Waals surface area contributed by atoms with E-state index in [0.29, 0.717) is 17.2 Å². The molecule has 6 nitrogen and oxygen atoms in total. The zero-order chi connectivity index (χ0) is 16.1. The molecule has 1 saturated heterocycles. The minimum Gasteiger partial charge on any atom is -0.462 e. The van der Waals surface area contributed by atoms with Gasteiger partial charge in [0.05, 0.1) is 23.9 Å². The maximum absolute atomic E-state index is 11.8. The summed E-state index contributed by atoms with van der Waals surface area (Å²) in [6.07, 6.45) is 6.76. The Morgan fingerprint density at radius 3 is 3.22 bits per heavy atom. The van der Waals surface area contributed by atoms with Gasteiger partial charge in [-0.1, -0.05) is 5.92 Å². The van der Waals surface area contributed by atoms with E-state index < -0.39 is 0 Å². The van der Waals surface area contributed by atoms with Gasteiger partial charge in [-0.3, -0.25) is 0 Å². The number of aromatic nitrogens is 3. The largest absolute Gasteiger partial charge is 0.462 e. The average Bonchev–Trinajstić information content (AvgIpc) is 3.23. The van der Waals surface area contributed by atoms with Crippen molar-refractivity contribution < 1.29 is 14.3 Å². The van der Waals surface area contributed by atoms with Gasteiger partial charge in [-0.15, -0.1) is 11.3 Å². The van der Waals surface area contributed by atoms with Gasteiger partial charge in [0.25, 0.3) is 0 Å². The molecule has 0 amide bonds. The molecule has 0 saturated carbocycles. The van der Waals surface area contributed by atoms with Gasteiger partial charge >= 0.3 is 5.97 Å². The van der Waals surface area contributed by atoms with E-state index in [-0.39, 0.29) is 12.2 Å². The first-order valence-corrected chi connectivity index (χ1v) is 8.44. The van der Waals surface area contributed by atoms with Crippen molar-refractivity contribution >= 4 is 17.3 Å². The fourth-order valence-corrected chi connectivity index (χ4v) is 2.93. The minimum absolute atomic E-state index is 0.00587. The molecule has 0 radical (unpaired) electrons. The normalized spacial score (nSPS) is 17.3. The van der Waals surface area contributed by atoms with Crippen LogP contribution in [0.25, 0.3) is 0 Å². The predicted molar refractivity (Wildman–Crippen MR) is 85.1 cm³/mol. The highest BCUT2D eigenvalue weighted by atomic mass is 32.1. The third-order valence-electron chi connectivity index (χ3n) is 3.41. The summed E-state index contributed by atoms with van der Waals surface area (Å²) in [5, 5.41) is 4.31. The Balaban J connectivity index is 1.74. The summed E-state index contributed by atoms with van der Waals surface area (Å²) in [6, 6.07) is 0. The lowest BCUT2D eigenvalue weighted by atomic mass is 10.2. The molecule has 1 aliphatic rings. The fourth-order valence-electron chi connectivity index (χ4n) is 2.30. The van der Waals surface area contributed by atoms with Crippen LogP contribution in [0.2, 0.25) is 0 Å². The van der Waals surface area contributed by atoms with E-state index in [2.05, 4.69) is 21.9 Å². The third kappa shape index (κ3) is 3.78. The molecule has 0 bridgehead atoms. The second-order valence-electron chi connectivity index (χ2n) is 5.03. The number of nitrogens with zero attached hydrogens (tertiary/aromatic N) is 3. The van der Waals surface area contributed by atoms with Crippen LogP contribution in [-0.4, -0.2) is 33.9 Å². The molecular weight excluding hydrogens is 314 g/mol. The molecule has 1 unspecified atom stereocenters. The number of rotatable bonds is 3. The van der Waals surface area contributed by atoms with E-state index in [1.54, 1.807) is 23.3 Å². The maximum Gasteiger partial charge on any atom is 0.351 e. The topological polar surface area (TPSA) is 66.2 Å². The molecule has 0 N–H and O–H groups in total. The van der Waals surface area contributed by atoms with E-state index >= 15 is 0 Å². The molecule has 1 fully saturated rings. The summed E-state index contributed by atoms with van der Waals surface area (Å²) >= 11 is 1.23. The Labute approximate surface area is 138 Å². The van der Waals surface area contributed by atoms with Crippen LogP contribution in [0, 0.1) is 11.8 Å². The molecule has 3 rings (SSSR count). The molecule has 0 aromatic carbocycles. The van der Waals surface area contributed by atoms with Crippen LogP contribution < -0.4 is 0 Å². The van der Waals surface area contributed by atoms with Crippen molar-refractivity contribution in [1.29, 1.82) is 0 Å². The Morgan fingerprint density at radius 2 is 2.43 bits per heavy atom. The molecule has 0 spiro atoms. The standard InChI is InChI=1S/C16H17N3O3S/c1-2-21-16(20)15-13(17-11-23-15)7-6-12-9-18-19(10-12)14-5-3-4-8-22-14/h9-11,14H,2-5,8H2,1H3. The number of esters is 1. The van der Waals surface area contributed by atoms with Gasteiger partial charge in [0, 0.05) is 12.8 Å². The Kier molecular flexibility index (Phi) is 5.05. The van der Waals surface area contributed by atoms with Crippen molar-refractivity contribution in [3.8, 4) is 11.8 Å². The second kappa shape index (κ2) is 7.40. The van der Waals surface area contributed by atoms with Gasteiger partial charge in [-0.05, 0) is 32.1 Å². The monoisotopic (exact) mass is 331 g/mol. The average molecular weight is 331 g/mol. The summed E-state index contributed by atoms with van der Waals surface area (Å²) in [7, 11) is 0. The van der Waals surface area contributed by atoms with E-state index in [0.717, 1.165) is 31.4 Å². The Bertz CT molecular complexity index is 735. The summed E-state index contributed by atoms with van der Waals surface area (Å²) in [5.74, 6) is 5.53. The van der Waals surface area contributed by atoms with Crippen molar-refractivity contribution in [2.24, 2.45) is 0 Å². The summed E-state index contributed by atoms with van der Waals surface area (Å²) < 4.78 is 12.5. The van der Waals surface area contributed by atoms with E-state index in [9.17, 15) is 4.79 Å². The Morgan fingerprint density at radius 1 is 1.52 bits per heavy atom. The van der Waals surface area contributed by atoms with Crippen molar-refractivity contribution in [3.05, 3.63) is 34.0 Å². The predicted octanol–water partition coefficient (Wildman–Crippen LogP) is 2.62. The number of ether oxygens (including phenoxy) is 2. The lowest BCUT2D eigenvalue weighted by molar-refractivity contribution is -0.0395. The summed E-state index contributed by atoms with van der Waals surface area (Å²) in [5.41, 5.74) is 2.80. The maximum atomic E-state index is 11.8. The number of carbonyl (C=O) groups excluding carboxylic acids is 1. The van der Waals surface area contributed by atoms with E-state index in [1.807, 2.05) is 6.20 Å². The molecule has 1 atom stereocenters. The molecule has 3 heterocycles. The van der Waals surface area contributed by atoms with Crippen molar-refractivity contribution in [1.82, 2.24) is 14.8 Å². The zero-order valence-corrected chi connectivity index (χ0v) is 13.6. The van der Waals surface area contributed by atoms with Gasteiger partial charge in [0.2, 0.25) is 0 Å². The number of thiazole rings is 1. The van der Waals surface area contributed by atoms with Crippen LogP contribution in [0.4, 0.5) is 0 Å². The van der Waals surface area contributed by atoms with Crippen LogP contribution >= 0.6 is 11.3 Å². The first-order chi connectivity index (χ1) is 11.3. The van der Waals surface area contributed by atoms with Gasteiger partial charge < -0.3 is 9.47 Å². The van der Waals surface area contributed by atoms with Crippen molar-refractivity contribution in [2.45, 2.75) is 32.4 Å². The first kappa shape index (κ1) is 15.7. The molecule has 120 valence electrons. The van der Waals surface area contributed by atoms with Crippen LogP contribution in [-0.2, 0) is 9.47 Å². The van der Waals surface area contributed by atoms with Crippen molar-refractivity contribution in [2.75, 3.05) is 13.2 Å². The van der Waals surface area contributed by atoms with Crippen LogP contribution in [0.1, 0.15) is 53.3 Å². The number of hydrogen-bond acceptors (Lipinski definition) is 6. The number of hydrogen-bond donors (Lipinski definition) is 0. The third-order valence-corrected chi connectivity index (χ3v) is 4.21. The Hall–Kier alpha value is -2.17. The van der Waals surface area contributed by atoms with Crippen LogP contribution in [0.3, 0.4) is 0 Å². The molecule has 7 heteroatoms. The highest BCUT2D eigenvalue weighted by Gasteiger charge is 2.16.